The van der Waals surface area contributed by atoms with Crippen LogP contribution in [0.3, 0.4) is 0 Å². The molecular weight excluding hydrogens is 246 g/mol. The predicted octanol–water partition coefficient (Wildman–Crippen LogP) is 0.667. The van der Waals surface area contributed by atoms with Crippen molar-refractivity contribution in [2.75, 3.05) is 18.0 Å². The number of hydrogen-bond donors (Lipinski definition) is 2. The van der Waals surface area contributed by atoms with Gasteiger partial charge in [0.05, 0.1) is 5.56 Å². The molecule has 1 saturated heterocycles. The molecule has 2 heterocycles. The van der Waals surface area contributed by atoms with E-state index >= 15 is 0 Å². The Morgan fingerprint density at radius 1 is 1.58 bits per heavy atom. The third-order valence-corrected chi connectivity index (χ3v) is 3.27. The van der Waals surface area contributed by atoms with Crippen molar-refractivity contribution in [3.05, 3.63) is 23.4 Å². The molecule has 0 bridgehead atoms. The zero-order valence-electron chi connectivity index (χ0n) is 11.0. The van der Waals surface area contributed by atoms with Crippen LogP contribution in [0.4, 0.5) is 5.82 Å². The fraction of sp³-hybridized carbons (Fsp3) is 0.462. The Labute approximate surface area is 111 Å². The molecule has 1 aromatic rings. The molecule has 1 unspecified atom stereocenters. The highest BCUT2D eigenvalue weighted by molar-refractivity contribution is 5.90. The van der Waals surface area contributed by atoms with Crippen molar-refractivity contribution in [1.29, 1.82) is 0 Å². The minimum absolute atomic E-state index is 0.0631. The average molecular weight is 263 g/mol. The van der Waals surface area contributed by atoms with Crippen LogP contribution in [0.5, 0.6) is 0 Å². The molecule has 0 saturated carbocycles. The number of carbonyl (C=O) groups excluding carboxylic acids is 1. The van der Waals surface area contributed by atoms with E-state index < -0.39 is 5.97 Å². The van der Waals surface area contributed by atoms with E-state index in [0.29, 0.717) is 31.0 Å². The zero-order valence-corrected chi connectivity index (χ0v) is 11.0. The van der Waals surface area contributed by atoms with Gasteiger partial charge in [0.1, 0.15) is 11.9 Å². The number of carbonyl (C=O) groups is 2. The lowest BCUT2D eigenvalue weighted by molar-refractivity contribution is -0.122. The van der Waals surface area contributed by atoms with Crippen molar-refractivity contribution in [3.8, 4) is 0 Å². The van der Waals surface area contributed by atoms with E-state index in [4.69, 9.17) is 5.11 Å². The Morgan fingerprint density at radius 2 is 2.32 bits per heavy atom. The monoisotopic (exact) mass is 263 g/mol. The Hall–Kier alpha value is -2.11. The van der Waals surface area contributed by atoms with E-state index in [1.807, 2.05) is 11.8 Å². The van der Waals surface area contributed by atoms with Gasteiger partial charge in [0, 0.05) is 18.8 Å². The van der Waals surface area contributed by atoms with Crippen molar-refractivity contribution < 1.29 is 14.7 Å². The van der Waals surface area contributed by atoms with Crippen LogP contribution in [0, 0.1) is 0 Å². The molecule has 1 aliphatic heterocycles. The molecule has 1 amide bonds. The standard InChI is InChI=1S/C13H17N3O3/c1-3-10-6-9(13(18)19)7-11(15-10)16-5-4-14-12(17)8(16)2/h6-8H,3-5H2,1-2H3,(H,14,17)(H,18,19). The van der Waals surface area contributed by atoms with Crippen molar-refractivity contribution in [2.24, 2.45) is 0 Å². The Kier molecular flexibility index (Phi) is 3.69. The fourth-order valence-corrected chi connectivity index (χ4v) is 2.12. The first-order valence-electron chi connectivity index (χ1n) is 6.31. The Bertz CT molecular complexity index is 516. The van der Waals surface area contributed by atoms with Crippen molar-refractivity contribution in [1.82, 2.24) is 10.3 Å². The lowest BCUT2D eigenvalue weighted by Gasteiger charge is -2.34. The molecule has 102 valence electrons. The minimum Gasteiger partial charge on any atom is -0.478 e. The molecule has 6 nitrogen and oxygen atoms in total. The lowest BCUT2D eigenvalue weighted by Crippen LogP contribution is -2.54. The van der Waals surface area contributed by atoms with Gasteiger partial charge in [-0.2, -0.15) is 0 Å². The lowest BCUT2D eigenvalue weighted by atomic mass is 10.1. The number of piperazine rings is 1. The number of rotatable bonds is 3. The van der Waals surface area contributed by atoms with E-state index in [0.717, 1.165) is 0 Å². The topological polar surface area (TPSA) is 82.5 Å². The summed E-state index contributed by atoms with van der Waals surface area (Å²) in [6.45, 7) is 4.88. The maximum Gasteiger partial charge on any atom is 0.335 e. The number of aryl methyl sites for hydroxylation is 1. The molecule has 1 aromatic heterocycles. The van der Waals surface area contributed by atoms with Gasteiger partial charge in [0.2, 0.25) is 5.91 Å². The van der Waals surface area contributed by atoms with Gasteiger partial charge in [-0.25, -0.2) is 9.78 Å². The SMILES string of the molecule is CCc1cc(C(=O)O)cc(N2CCNC(=O)C2C)n1. The van der Waals surface area contributed by atoms with E-state index in [1.165, 1.54) is 6.07 Å². The first kappa shape index (κ1) is 13.3. The number of carboxylic acid groups (broad SMARTS) is 1. The zero-order chi connectivity index (χ0) is 14.0. The molecule has 0 radical (unpaired) electrons. The van der Waals surface area contributed by atoms with Crippen LogP contribution >= 0.6 is 0 Å². The number of amides is 1. The highest BCUT2D eigenvalue weighted by Gasteiger charge is 2.27. The van der Waals surface area contributed by atoms with Crippen LogP contribution in [-0.2, 0) is 11.2 Å². The van der Waals surface area contributed by atoms with Crippen molar-refractivity contribution in [3.63, 3.8) is 0 Å². The number of pyridine rings is 1. The normalized spacial score (nSPS) is 19.2. The van der Waals surface area contributed by atoms with Crippen molar-refractivity contribution >= 4 is 17.7 Å². The molecule has 0 spiro atoms. The van der Waals surface area contributed by atoms with E-state index in [9.17, 15) is 9.59 Å². The maximum absolute atomic E-state index is 11.7. The third-order valence-electron chi connectivity index (χ3n) is 3.27. The van der Waals surface area contributed by atoms with Gasteiger partial charge in [0.15, 0.2) is 0 Å². The molecule has 0 aliphatic carbocycles. The molecule has 1 atom stereocenters. The minimum atomic E-state index is -0.979. The summed E-state index contributed by atoms with van der Waals surface area (Å²) >= 11 is 0. The number of carboxylic acids is 1. The highest BCUT2D eigenvalue weighted by atomic mass is 16.4. The smallest absolute Gasteiger partial charge is 0.335 e. The van der Waals surface area contributed by atoms with Gasteiger partial charge in [-0.3, -0.25) is 4.79 Å². The number of aromatic nitrogens is 1. The summed E-state index contributed by atoms with van der Waals surface area (Å²) < 4.78 is 0. The maximum atomic E-state index is 11.7. The van der Waals surface area contributed by atoms with Gasteiger partial charge in [-0.05, 0) is 25.5 Å². The molecular formula is C13H17N3O3. The van der Waals surface area contributed by atoms with Crippen LogP contribution < -0.4 is 10.2 Å². The summed E-state index contributed by atoms with van der Waals surface area (Å²) in [5.41, 5.74) is 0.924. The van der Waals surface area contributed by atoms with Crippen LogP contribution in [0.25, 0.3) is 0 Å². The van der Waals surface area contributed by atoms with Gasteiger partial charge in [-0.1, -0.05) is 6.92 Å². The Morgan fingerprint density at radius 3 is 2.95 bits per heavy atom. The second-order valence-corrected chi connectivity index (χ2v) is 4.52. The van der Waals surface area contributed by atoms with Gasteiger partial charge in [-0.15, -0.1) is 0 Å². The second-order valence-electron chi connectivity index (χ2n) is 4.52. The Balaban J connectivity index is 2.40. The average Bonchev–Trinajstić information content (AvgIpc) is 2.41. The van der Waals surface area contributed by atoms with Gasteiger partial charge >= 0.3 is 5.97 Å². The molecule has 2 rings (SSSR count). The van der Waals surface area contributed by atoms with Gasteiger partial charge in [0.25, 0.3) is 0 Å². The summed E-state index contributed by atoms with van der Waals surface area (Å²) in [6, 6.07) is 2.76. The van der Waals surface area contributed by atoms with E-state index in [1.54, 1.807) is 13.0 Å². The van der Waals surface area contributed by atoms with Gasteiger partial charge < -0.3 is 15.3 Å². The number of hydrogen-bond acceptors (Lipinski definition) is 4. The van der Waals surface area contributed by atoms with Crippen LogP contribution in [-0.4, -0.2) is 41.1 Å². The van der Waals surface area contributed by atoms with E-state index in [-0.39, 0.29) is 17.5 Å². The number of nitrogens with zero attached hydrogens (tertiary/aromatic N) is 2. The van der Waals surface area contributed by atoms with Crippen LogP contribution in [0.2, 0.25) is 0 Å². The van der Waals surface area contributed by atoms with Crippen LogP contribution in [0.15, 0.2) is 12.1 Å². The second kappa shape index (κ2) is 5.26. The van der Waals surface area contributed by atoms with Crippen LogP contribution in [0.1, 0.15) is 29.9 Å². The summed E-state index contributed by atoms with van der Waals surface area (Å²) in [7, 11) is 0. The highest BCUT2D eigenvalue weighted by Crippen LogP contribution is 2.19. The molecule has 6 heteroatoms. The molecule has 19 heavy (non-hydrogen) atoms. The fourth-order valence-electron chi connectivity index (χ4n) is 2.12. The number of aromatic carboxylic acids is 1. The largest absolute Gasteiger partial charge is 0.478 e. The summed E-state index contributed by atoms with van der Waals surface area (Å²) in [5.74, 6) is -0.488. The summed E-state index contributed by atoms with van der Waals surface area (Å²) in [5, 5.41) is 11.9. The molecule has 0 aromatic carbocycles. The molecule has 2 N–H and O–H groups in total. The van der Waals surface area contributed by atoms with Crippen molar-refractivity contribution in [2.45, 2.75) is 26.3 Å². The first-order valence-corrected chi connectivity index (χ1v) is 6.31. The third kappa shape index (κ3) is 2.67. The number of anilines is 1. The first-order chi connectivity index (χ1) is 9.02. The number of nitrogens with one attached hydrogen (secondary N) is 1. The molecule has 1 aliphatic rings. The summed E-state index contributed by atoms with van der Waals surface area (Å²) in [6.07, 6.45) is 0.655. The van der Waals surface area contributed by atoms with E-state index in [2.05, 4.69) is 10.3 Å². The summed E-state index contributed by atoms with van der Waals surface area (Å²) in [4.78, 5) is 29.0. The predicted molar refractivity (Wildman–Crippen MR) is 70.4 cm³/mol. The molecule has 1 fully saturated rings. The quantitative estimate of drug-likeness (QED) is 0.837.